The highest BCUT2D eigenvalue weighted by atomic mass is 16.5. The SMILES string of the molecule is CCNC(=NCC1CCCOC1C(C)(C)C)NCCCOCC(C)C. The molecular formula is C20H41N3O2. The molecule has 0 bridgehead atoms. The minimum Gasteiger partial charge on any atom is -0.381 e. The van der Waals surface area contributed by atoms with Gasteiger partial charge in [0.2, 0.25) is 0 Å². The van der Waals surface area contributed by atoms with Gasteiger partial charge in [-0.25, -0.2) is 0 Å². The van der Waals surface area contributed by atoms with Crippen LogP contribution < -0.4 is 10.6 Å². The molecule has 0 spiro atoms. The van der Waals surface area contributed by atoms with Gasteiger partial charge in [0.15, 0.2) is 5.96 Å². The molecule has 0 aromatic heterocycles. The normalized spacial score (nSPS) is 22.3. The molecule has 0 saturated carbocycles. The topological polar surface area (TPSA) is 54.9 Å². The number of ether oxygens (including phenoxy) is 2. The summed E-state index contributed by atoms with van der Waals surface area (Å²) in [6.45, 7) is 18.3. The molecule has 1 heterocycles. The van der Waals surface area contributed by atoms with Crippen LogP contribution >= 0.6 is 0 Å². The summed E-state index contributed by atoms with van der Waals surface area (Å²) >= 11 is 0. The van der Waals surface area contributed by atoms with Gasteiger partial charge in [0.1, 0.15) is 0 Å². The minimum atomic E-state index is 0.167. The predicted octanol–water partition coefficient (Wildman–Crippen LogP) is 3.45. The molecule has 0 radical (unpaired) electrons. The number of hydrogen-bond donors (Lipinski definition) is 2. The Labute approximate surface area is 155 Å². The number of nitrogens with one attached hydrogen (secondary N) is 2. The molecule has 2 unspecified atom stereocenters. The third-order valence-electron chi connectivity index (χ3n) is 4.34. The molecule has 5 heteroatoms. The van der Waals surface area contributed by atoms with Crippen LogP contribution in [0.2, 0.25) is 0 Å². The number of aliphatic imine (C=N–C) groups is 1. The van der Waals surface area contributed by atoms with Gasteiger partial charge < -0.3 is 20.1 Å². The van der Waals surface area contributed by atoms with Crippen molar-refractivity contribution in [3.05, 3.63) is 0 Å². The van der Waals surface area contributed by atoms with E-state index in [1.54, 1.807) is 0 Å². The van der Waals surface area contributed by atoms with Gasteiger partial charge in [0.25, 0.3) is 0 Å². The molecule has 5 nitrogen and oxygen atoms in total. The van der Waals surface area contributed by atoms with E-state index in [4.69, 9.17) is 14.5 Å². The lowest BCUT2D eigenvalue weighted by atomic mass is 9.78. The highest BCUT2D eigenvalue weighted by molar-refractivity contribution is 5.79. The van der Waals surface area contributed by atoms with Gasteiger partial charge in [0, 0.05) is 45.4 Å². The van der Waals surface area contributed by atoms with Crippen LogP contribution in [0, 0.1) is 17.3 Å². The molecule has 148 valence electrons. The first-order valence-electron chi connectivity index (χ1n) is 10.1. The minimum absolute atomic E-state index is 0.167. The first-order chi connectivity index (χ1) is 11.8. The van der Waals surface area contributed by atoms with E-state index in [-0.39, 0.29) is 11.5 Å². The fourth-order valence-electron chi connectivity index (χ4n) is 3.24. The molecule has 1 aliphatic heterocycles. The largest absolute Gasteiger partial charge is 0.381 e. The predicted molar refractivity (Wildman–Crippen MR) is 106 cm³/mol. The lowest BCUT2D eigenvalue weighted by Crippen LogP contribution is -2.43. The highest BCUT2D eigenvalue weighted by Crippen LogP contribution is 2.34. The molecule has 1 rings (SSSR count). The van der Waals surface area contributed by atoms with E-state index in [1.165, 1.54) is 6.42 Å². The number of nitrogens with zero attached hydrogens (tertiary/aromatic N) is 1. The molecule has 0 aromatic carbocycles. The molecular weight excluding hydrogens is 314 g/mol. The van der Waals surface area contributed by atoms with Crippen LogP contribution in [0.15, 0.2) is 4.99 Å². The van der Waals surface area contributed by atoms with Crippen LogP contribution in [0.1, 0.15) is 60.8 Å². The fraction of sp³-hybridized carbons (Fsp3) is 0.950. The second-order valence-corrected chi connectivity index (χ2v) is 8.53. The Bertz CT molecular complexity index is 378. The second-order valence-electron chi connectivity index (χ2n) is 8.53. The van der Waals surface area contributed by atoms with Crippen LogP contribution in [0.5, 0.6) is 0 Å². The van der Waals surface area contributed by atoms with E-state index < -0.39 is 0 Å². The quantitative estimate of drug-likeness (QED) is 0.378. The van der Waals surface area contributed by atoms with Crippen molar-refractivity contribution in [1.29, 1.82) is 0 Å². The van der Waals surface area contributed by atoms with Gasteiger partial charge in [-0.1, -0.05) is 34.6 Å². The third-order valence-corrected chi connectivity index (χ3v) is 4.34. The number of guanidine groups is 1. The summed E-state index contributed by atoms with van der Waals surface area (Å²) in [4.78, 5) is 4.82. The first kappa shape index (κ1) is 22.2. The summed E-state index contributed by atoms with van der Waals surface area (Å²) in [6.07, 6.45) is 3.63. The zero-order valence-corrected chi connectivity index (χ0v) is 17.4. The Morgan fingerprint density at radius 3 is 2.68 bits per heavy atom. The number of hydrogen-bond acceptors (Lipinski definition) is 3. The van der Waals surface area contributed by atoms with Crippen molar-refractivity contribution in [2.75, 3.05) is 39.5 Å². The van der Waals surface area contributed by atoms with Crippen molar-refractivity contribution >= 4 is 5.96 Å². The monoisotopic (exact) mass is 355 g/mol. The Hall–Kier alpha value is -0.810. The average Bonchev–Trinajstić information content (AvgIpc) is 2.54. The van der Waals surface area contributed by atoms with E-state index >= 15 is 0 Å². The Morgan fingerprint density at radius 2 is 2.04 bits per heavy atom. The zero-order chi connectivity index (χ0) is 18.7. The smallest absolute Gasteiger partial charge is 0.191 e. The van der Waals surface area contributed by atoms with Crippen molar-refractivity contribution in [3.63, 3.8) is 0 Å². The third kappa shape index (κ3) is 9.45. The lowest BCUT2D eigenvalue weighted by Gasteiger charge is -2.39. The Morgan fingerprint density at radius 1 is 1.28 bits per heavy atom. The van der Waals surface area contributed by atoms with Crippen LogP contribution in [0.4, 0.5) is 0 Å². The summed E-state index contributed by atoms with van der Waals surface area (Å²) in [6, 6.07) is 0. The molecule has 0 amide bonds. The molecule has 1 saturated heterocycles. The van der Waals surface area contributed by atoms with E-state index in [0.29, 0.717) is 11.8 Å². The Balaban J connectivity index is 2.42. The van der Waals surface area contributed by atoms with Gasteiger partial charge in [-0.05, 0) is 37.5 Å². The molecule has 1 aliphatic rings. The highest BCUT2D eigenvalue weighted by Gasteiger charge is 2.35. The Kier molecular flexibility index (Phi) is 10.4. The van der Waals surface area contributed by atoms with Crippen LogP contribution in [-0.4, -0.2) is 51.5 Å². The maximum atomic E-state index is 6.07. The summed E-state index contributed by atoms with van der Waals surface area (Å²) in [5, 5.41) is 6.76. The fourth-order valence-corrected chi connectivity index (χ4v) is 3.24. The van der Waals surface area contributed by atoms with Crippen LogP contribution in [-0.2, 0) is 9.47 Å². The van der Waals surface area contributed by atoms with E-state index in [1.807, 2.05) is 0 Å². The van der Waals surface area contributed by atoms with Crippen LogP contribution in [0.3, 0.4) is 0 Å². The second kappa shape index (κ2) is 11.7. The lowest BCUT2D eigenvalue weighted by molar-refractivity contribution is -0.0823. The molecule has 2 atom stereocenters. The van der Waals surface area contributed by atoms with Crippen molar-refractivity contribution < 1.29 is 9.47 Å². The van der Waals surface area contributed by atoms with Gasteiger partial charge in [-0.3, -0.25) is 4.99 Å². The van der Waals surface area contributed by atoms with Crippen molar-refractivity contribution in [1.82, 2.24) is 10.6 Å². The van der Waals surface area contributed by atoms with Crippen molar-refractivity contribution in [2.24, 2.45) is 22.2 Å². The summed E-state index contributed by atoms with van der Waals surface area (Å²) in [5.41, 5.74) is 0.167. The summed E-state index contributed by atoms with van der Waals surface area (Å²) in [7, 11) is 0. The molecule has 0 aromatic rings. The zero-order valence-electron chi connectivity index (χ0n) is 17.4. The summed E-state index contributed by atoms with van der Waals surface area (Å²) in [5.74, 6) is 2.00. The first-order valence-corrected chi connectivity index (χ1v) is 10.1. The molecule has 1 fully saturated rings. The van der Waals surface area contributed by atoms with Gasteiger partial charge in [0.05, 0.1) is 6.10 Å². The molecule has 25 heavy (non-hydrogen) atoms. The number of rotatable bonds is 9. The molecule has 2 N–H and O–H groups in total. The standard InChI is InChI=1S/C20H41N3O2/c1-7-21-19(22-11-9-12-24-15-16(2)3)23-14-17-10-8-13-25-18(17)20(4,5)6/h16-18H,7-15H2,1-6H3,(H2,21,22,23). The average molecular weight is 356 g/mol. The van der Waals surface area contributed by atoms with Gasteiger partial charge >= 0.3 is 0 Å². The summed E-state index contributed by atoms with van der Waals surface area (Å²) < 4.78 is 11.7. The van der Waals surface area contributed by atoms with Crippen LogP contribution in [0.25, 0.3) is 0 Å². The van der Waals surface area contributed by atoms with E-state index in [2.05, 4.69) is 52.2 Å². The maximum Gasteiger partial charge on any atom is 0.191 e. The van der Waals surface area contributed by atoms with Gasteiger partial charge in [-0.15, -0.1) is 0 Å². The van der Waals surface area contributed by atoms with Crippen molar-refractivity contribution in [3.8, 4) is 0 Å². The van der Waals surface area contributed by atoms with Gasteiger partial charge in [-0.2, -0.15) is 0 Å². The van der Waals surface area contributed by atoms with E-state index in [0.717, 1.165) is 58.3 Å². The van der Waals surface area contributed by atoms with Crippen molar-refractivity contribution in [2.45, 2.75) is 66.9 Å². The maximum absolute atomic E-state index is 6.07. The molecule has 0 aliphatic carbocycles. The van der Waals surface area contributed by atoms with E-state index in [9.17, 15) is 0 Å².